The van der Waals surface area contributed by atoms with E-state index in [0.717, 1.165) is 6.54 Å². The Kier molecular flexibility index (Phi) is 5.25. The van der Waals surface area contributed by atoms with E-state index in [9.17, 15) is 9.59 Å². The Labute approximate surface area is 140 Å². The van der Waals surface area contributed by atoms with Crippen LogP contribution in [0.1, 0.15) is 32.0 Å². The van der Waals surface area contributed by atoms with Crippen LogP contribution in [0, 0.1) is 5.92 Å². The maximum absolute atomic E-state index is 12.2. The second-order valence-corrected chi connectivity index (χ2v) is 6.26. The van der Waals surface area contributed by atoms with Gasteiger partial charge in [0.2, 0.25) is 0 Å². The summed E-state index contributed by atoms with van der Waals surface area (Å²) in [5.74, 6) is 1.15. The Morgan fingerprint density at radius 3 is 2.92 bits per heavy atom. The monoisotopic (exact) mass is 329 g/mol. The Hall–Kier alpha value is -2.21. The van der Waals surface area contributed by atoms with Crippen molar-refractivity contribution < 1.29 is 9.53 Å². The second kappa shape index (κ2) is 7.57. The zero-order valence-corrected chi connectivity index (χ0v) is 14.0. The third-order valence-corrected chi connectivity index (χ3v) is 4.19. The first kappa shape index (κ1) is 16.6. The van der Waals surface area contributed by atoms with Crippen LogP contribution in [-0.4, -0.2) is 40.5 Å². The van der Waals surface area contributed by atoms with E-state index in [4.69, 9.17) is 4.74 Å². The van der Waals surface area contributed by atoms with Gasteiger partial charge in [0.1, 0.15) is 5.82 Å². The predicted octanol–water partition coefficient (Wildman–Crippen LogP) is 2.09. The van der Waals surface area contributed by atoms with Gasteiger partial charge in [0.25, 0.3) is 5.56 Å². The molecule has 128 valence electrons. The van der Waals surface area contributed by atoms with Crippen molar-refractivity contribution in [3.05, 3.63) is 40.4 Å². The molecule has 24 heavy (non-hydrogen) atoms. The molecular formula is C18H23N3O3. The molecule has 1 aromatic heterocycles. The number of carbonyl (C=O) groups is 1. The van der Waals surface area contributed by atoms with Crippen molar-refractivity contribution in [1.29, 1.82) is 0 Å². The van der Waals surface area contributed by atoms with Crippen LogP contribution in [0.4, 0.5) is 0 Å². The van der Waals surface area contributed by atoms with E-state index < -0.39 is 0 Å². The largest absolute Gasteiger partial charge is 0.466 e. The van der Waals surface area contributed by atoms with Crippen molar-refractivity contribution >= 4 is 16.9 Å². The van der Waals surface area contributed by atoms with Crippen molar-refractivity contribution in [2.75, 3.05) is 19.7 Å². The molecule has 0 atom stereocenters. The summed E-state index contributed by atoms with van der Waals surface area (Å²) in [7, 11) is 0. The summed E-state index contributed by atoms with van der Waals surface area (Å²) in [5.41, 5.74) is 0.584. The highest BCUT2D eigenvalue weighted by Crippen LogP contribution is 2.30. The molecule has 2 aromatic rings. The molecule has 1 heterocycles. The number of benzene rings is 1. The lowest BCUT2D eigenvalue weighted by molar-refractivity contribution is -0.143. The van der Waals surface area contributed by atoms with Gasteiger partial charge in [-0.1, -0.05) is 12.1 Å². The number of rotatable bonds is 8. The van der Waals surface area contributed by atoms with Crippen LogP contribution in [0.5, 0.6) is 0 Å². The topological polar surface area (TPSA) is 75.3 Å². The van der Waals surface area contributed by atoms with Gasteiger partial charge in [-0.05, 0) is 37.8 Å². The van der Waals surface area contributed by atoms with Gasteiger partial charge in [0.15, 0.2) is 0 Å². The molecule has 0 spiro atoms. The number of H-pyrrole nitrogens is 1. The third kappa shape index (κ3) is 4.41. The number of hydrogen-bond donors (Lipinski definition) is 1. The van der Waals surface area contributed by atoms with Gasteiger partial charge in [-0.3, -0.25) is 14.5 Å². The van der Waals surface area contributed by atoms with Gasteiger partial charge in [-0.15, -0.1) is 0 Å². The number of nitrogens with zero attached hydrogens (tertiary/aromatic N) is 2. The van der Waals surface area contributed by atoms with E-state index in [1.807, 2.05) is 25.1 Å². The summed E-state index contributed by atoms with van der Waals surface area (Å²) in [6.45, 7) is 4.29. The van der Waals surface area contributed by atoms with Gasteiger partial charge >= 0.3 is 5.97 Å². The highest BCUT2D eigenvalue weighted by Gasteiger charge is 2.25. The normalized spacial score (nSPS) is 14.2. The van der Waals surface area contributed by atoms with Crippen LogP contribution in [-0.2, 0) is 16.1 Å². The Morgan fingerprint density at radius 1 is 1.38 bits per heavy atom. The van der Waals surface area contributed by atoms with E-state index in [0.29, 0.717) is 48.8 Å². The minimum Gasteiger partial charge on any atom is -0.466 e. The summed E-state index contributed by atoms with van der Waals surface area (Å²) < 4.78 is 5.00. The van der Waals surface area contributed by atoms with E-state index in [2.05, 4.69) is 14.9 Å². The summed E-state index contributed by atoms with van der Waals surface area (Å²) in [5, 5.41) is 0.599. The molecule has 0 amide bonds. The number of fused-ring (bicyclic) bond motifs is 1. The van der Waals surface area contributed by atoms with Gasteiger partial charge in [-0.2, -0.15) is 0 Å². The number of para-hydroxylation sites is 1. The number of carbonyl (C=O) groups excluding carboxylic acids is 1. The molecule has 6 heteroatoms. The Bertz CT molecular complexity index is 767. The summed E-state index contributed by atoms with van der Waals surface area (Å²) in [4.78, 5) is 33.4. The van der Waals surface area contributed by atoms with Gasteiger partial charge in [-0.25, -0.2) is 4.98 Å². The molecule has 6 nitrogen and oxygen atoms in total. The summed E-state index contributed by atoms with van der Waals surface area (Å²) in [6, 6.07) is 7.32. The third-order valence-electron chi connectivity index (χ3n) is 4.19. The smallest absolute Gasteiger partial charge is 0.307 e. The number of esters is 1. The molecule has 1 N–H and O–H groups in total. The van der Waals surface area contributed by atoms with Crippen LogP contribution in [0.3, 0.4) is 0 Å². The van der Waals surface area contributed by atoms with E-state index in [-0.39, 0.29) is 11.5 Å². The average molecular weight is 329 g/mol. The number of aromatic amines is 1. The Balaban J connectivity index is 1.71. The van der Waals surface area contributed by atoms with Crippen LogP contribution in [0.15, 0.2) is 29.1 Å². The van der Waals surface area contributed by atoms with Gasteiger partial charge in [0.05, 0.1) is 30.5 Å². The number of hydrogen-bond acceptors (Lipinski definition) is 5. The van der Waals surface area contributed by atoms with Crippen molar-refractivity contribution in [1.82, 2.24) is 14.9 Å². The average Bonchev–Trinajstić information content (AvgIpc) is 3.37. The van der Waals surface area contributed by atoms with Gasteiger partial charge < -0.3 is 9.72 Å². The quantitative estimate of drug-likeness (QED) is 0.751. The van der Waals surface area contributed by atoms with Crippen molar-refractivity contribution in [3.63, 3.8) is 0 Å². The maximum atomic E-state index is 12.2. The number of aromatic nitrogens is 2. The molecule has 0 bridgehead atoms. The fourth-order valence-corrected chi connectivity index (χ4v) is 2.80. The number of nitrogens with one attached hydrogen (secondary N) is 1. The molecule has 1 aromatic carbocycles. The highest BCUT2D eigenvalue weighted by molar-refractivity contribution is 5.77. The Morgan fingerprint density at radius 2 is 2.17 bits per heavy atom. The van der Waals surface area contributed by atoms with Crippen molar-refractivity contribution in [2.24, 2.45) is 5.92 Å². The first-order valence-corrected chi connectivity index (χ1v) is 8.51. The summed E-state index contributed by atoms with van der Waals surface area (Å²) in [6.07, 6.45) is 2.83. The zero-order chi connectivity index (χ0) is 16.9. The van der Waals surface area contributed by atoms with Crippen molar-refractivity contribution in [2.45, 2.75) is 32.7 Å². The van der Waals surface area contributed by atoms with E-state index in [1.54, 1.807) is 6.07 Å². The fraction of sp³-hybridized carbons (Fsp3) is 0.500. The SMILES string of the molecule is CCOC(=O)CCN(Cc1nc2ccccc2c(=O)[nH]1)CC1CC1. The van der Waals surface area contributed by atoms with Crippen molar-refractivity contribution in [3.8, 4) is 0 Å². The van der Waals surface area contributed by atoms with E-state index >= 15 is 0 Å². The van der Waals surface area contributed by atoms with Crippen LogP contribution in [0.25, 0.3) is 10.9 Å². The molecule has 3 rings (SSSR count). The fourth-order valence-electron chi connectivity index (χ4n) is 2.80. The lowest BCUT2D eigenvalue weighted by atomic mass is 10.2. The molecule has 1 aliphatic rings. The molecule has 0 aliphatic heterocycles. The van der Waals surface area contributed by atoms with Crippen LogP contribution < -0.4 is 5.56 Å². The zero-order valence-electron chi connectivity index (χ0n) is 14.0. The predicted molar refractivity (Wildman–Crippen MR) is 91.6 cm³/mol. The van der Waals surface area contributed by atoms with E-state index in [1.165, 1.54) is 12.8 Å². The standard InChI is InChI=1S/C18H23N3O3/c1-2-24-17(22)9-10-21(11-13-7-8-13)12-16-19-15-6-4-3-5-14(15)18(23)20-16/h3-6,13H,2,7-12H2,1H3,(H,19,20,23). The minimum absolute atomic E-state index is 0.118. The molecule has 1 saturated carbocycles. The van der Waals surface area contributed by atoms with Crippen LogP contribution >= 0.6 is 0 Å². The second-order valence-electron chi connectivity index (χ2n) is 6.26. The highest BCUT2D eigenvalue weighted by atomic mass is 16.5. The molecule has 0 saturated heterocycles. The molecule has 0 radical (unpaired) electrons. The first-order valence-electron chi connectivity index (χ1n) is 8.51. The summed E-state index contributed by atoms with van der Waals surface area (Å²) >= 11 is 0. The molecule has 1 fully saturated rings. The lowest BCUT2D eigenvalue weighted by Crippen LogP contribution is -2.30. The molecular weight excluding hydrogens is 306 g/mol. The molecule has 0 unspecified atom stereocenters. The molecule has 1 aliphatic carbocycles. The lowest BCUT2D eigenvalue weighted by Gasteiger charge is -2.21. The van der Waals surface area contributed by atoms with Gasteiger partial charge in [0, 0.05) is 13.1 Å². The van der Waals surface area contributed by atoms with Crippen LogP contribution in [0.2, 0.25) is 0 Å². The minimum atomic E-state index is -0.182. The first-order chi connectivity index (χ1) is 11.7. The number of ether oxygens (including phenoxy) is 1. The maximum Gasteiger partial charge on any atom is 0.307 e.